The maximum atomic E-state index is 11.8. The van der Waals surface area contributed by atoms with Crippen LogP contribution in [0, 0.1) is 13.8 Å². The van der Waals surface area contributed by atoms with Crippen molar-refractivity contribution in [2.24, 2.45) is 0 Å². The van der Waals surface area contributed by atoms with Crippen LogP contribution in [-0.2, 0) is 17.8 Å². The van der Waals surface area contributed by atoms with Crippen LogP contribution in [-0.4, -0.2) is 25.6 Å². The number of ether oxygens (including phenoxy) is 1. The predicted molar refractivity (Wildman–Crippen MR) is 124 cm³/mol. The minimum absolute atomic E-state index is 0.516. The topological polar surface area (TPSA) is 77.2 Å². The quantitative estimate of drug-likeness (QED) is 0.414. The van der Waals surface area contributed by atoms with Crippen LogP contribution in [0.4, 0.5) is 0 Å². The van der Waals surface area contributed by atoms with Gasteiger partial charge in [-0.1, -0.05) is 43.3 Å². The Morgan fingerprint density at radius 3 is 2.50 bits per heavy atom. The van der Waals surface area contributed by atoms with Crippen molar-refractivity contribution in [3.05, 3.63) is 88.9 Å². The summed E-state index contributed by atoms with van der Waals surface area (Å²) in [6.45, 7) is 6.72. The zero-order valence-corrected chi connectivity index (χ0v) is 18.6. The van der Waals surface area contributed by atoms with Crippen molar-refractivity contribution in [1.82, 2.24) is 14.5 Å². The van der Waals surface area contributed by atoms with E-state index in [9.17, 15) is 9.90 Å². The summed E-state index contributed by atoms with van der Waals surface area (Å²) in [6.07, 6.45) is 2.65. The van der Waals surface area contributed by atoms with Crippen molar-refractivity contribution < 1.29 is 14.6 Å². The van der Waals surface area contributed by atoms with Crippen LogP contribution in [0.25, 0.3) is 11.2 Å². The summed E-state index contributed by atoms with van der Waals surface area (Å²) in [6, 6.07) is 16.9. The molecule has 0 aliphatic rings. The van der Waals surface area contributed by atoms with Crippen LogP contribution in [0.15, 0.2) is 60.8 Å². The second kappa shape index (κ2) is 9.22. The molecule has 0 aliphatic carbocycles. The van der Waals surface area contributed by atoms with Crippen LogP contribution < -0.4 is 4.74 Å². The molecule has 0 saturated carbocycles. The highest BCUT2D eigenvalue weighted by atomic mass is 16.5. The number of aromatic nitrogens is 3. The lowest BCUT2D eigenvalue weighted by Gasteiger charge is -2.17. The van der Waals surface area contributed by atoms with Gasteiger partial charge in [0.1, 0.15) is 17.1 Å². The largest absolute Gasteiger partial charge is 0.478 e. The van der Waals surface area contributed by atoms with E-state index in [0.717, 1.165) is 46.5 Å². The highest BCUT2D eigenvalue weighted by Gasteiger charge is 2.23. The number of aliphatic carboxylic acids is 1. The van der Waals surface area contributed by atoms with Gasteiger partial charge in [-0.15, -0.1) is 0 Å². The molecule has 0 radical (unpaired) electrons. The van der Waals surface area contributed by atoms with E-state index < -0.39 is 12.1 Å². The Hall–Kier alpha value is -3.67. The van der Waals surface area contributed by atoms with E-state index in [4.69, 9.17) is 9.72 Å². The summed E-state index contributed by atoms with van der Waals surface area (Å²) in [5.74, 6) is 0.525. The Morgan fingerprint density at radius 1 is 1.06 bits per heavy atom. The molecular formula is C26H27N3O3. The van der Waals surface area contributed by atoms with Gasteiger partial charge in [0.15, 0.2) is 5.65 Å². The number of carbonyl (C=O) groups is 1. The molecule has 4 aromatic rings. The number of hydrogen-bond acceptors (Lipinski definition) is 4. The summed E-state index contributed by atoms with van der Waals surface area (Å²) < 4.78 is 8.01. The lowest BCUT2D eigenvalue weighted by molar-refractivity contribution is -0.145. The van der Waals surface area contributed by atoms with Crippen molar-refractivity contribution in [2.75, 3.05) is 0 Å². The number of fused-ring (bicyclic) bond motifs is 1. The molecule has 1 unspecified atom stereocenters. The highest BCUT2D eigenvalue weighted by molar-refractivity contribution is 5.76. The Labute approximate surface area is 187 Å². The molecule has 0 fully saturated rings. The molecule has 0 aliphatic heterocycles. The van der Waals surface area contributed by atoms with Crippen LogP contribution >= 0.6 is 0 Å². The van der Waals surface area contributed by atoms with Gasteiger partial charge in [-0.25, -0.2) is 14.8 Å². The molecule has 0 bridgehead atoms. The minimum Gasteiger partial charge on any atom is -0.478 e. The lowest BCUT2D eigenvalue weighted by atomic mass is 10.0. The molecule has 0 amide bonds. The number of carboxylic acids is 1. The van der Waals surface area contributed by atoms with Gasteiger partial charge in [0.2, 0.25) is 6.10 Å². The van der Waals surface area contributed by atoms with Crippen molar-refractivity contribution in [3.8, 4) is 5.75 Å². The van der Waals surface area contributed by atoms with E-state index in [1.54, 1.807) is 6.07 Å². The SMILES string of the molecule is CCCc1nc2c(C)ccnc2n1Cc1ccc(OC(C(=O)O)c2ccccc2C)cc1. The summed E-state index contributed by atoms with van der Waals surface area (Å²) >= 11 is 0. The van der Waals surface area contributed by atoms with Crippen LogP contribution in [0.2, 0.25) is 0 Å². The van der Waals surface area contributed by atoms with E-state index in [2.05, 4.69) is 23.4 Å². The average Bonchev–Trinajstić information content (AvgIpc) is 3.12. The number of aryl methyl sites for hydroxylation is 3. The predicted octanol–water partition coefficient (Wildman–Crippen LogP) is 5.25. The van der Waals surface area contributed by atoms with E-state index >= 15 is 0 Å². The van der Waals surface area contributed by atoms with Gasteiger partial charge < -0.3 is 14.4 Å². The van der Waals surface area contributed by atoms with Gasteiger partial charge in [0.05, 0.1) is 6.54 Å². The van der Waals surface area contributed by atoms with E-state index in [1.165, 1.54) is 0 Å². The lowest BCUT2D eigenvalue weighted by Crippen LogP contribution is -2.19. The number of nitrogens with zero attached hydrogens (tertiary/aromatic N) is 3. The standard InChI is InChI=1S/C26H27N3O3/c1-4-7-22-28-23-18(3)14-15-27-25(23)29(22)16-19-10-12-20(13-11-19)32-24(26(30)31)21-9-6-5-8-17(21)2/h5-6,8-15,24H,4,7,16H2,1-3H3,(H,30,31). The third-order valence-corrected chi connectivity index (χ3v) is 5.60. The summed E-state index contributed by atoms with van der Waals surface area (Å²) in [5.41, 5.74) is 5.55. The van der Waals surface area contributed by atoms with E-state index in [1.807, 2.05) is 61.7 Å². The second-order valence-corrected chi connectivity index (χ2v) is 8.00. The van der Waals surface area contributed by atoms with Gasteiger partial charge in [-0.3, -0.25) is 0 Å². The molecule has 2 aromatic carbocycles. The molecule has 0 saturated heterocycles. The van der Waals surface area contributed by atoms with Crippen LogP contribution in [0.3, 0.4) is 0 Å². The first-order chi connectivity index (χ1) is 15.5. The number of imidazole rings is 1. The van der Waals surface area contributed by atoms with Gasteiger partial charge in [0.25, 0.3) is 0 Å². The number of benzene rings is 2. The molecule has 32 heavy (non-hydrogen) atoms. The van der Waals surface area contributed by atoms with E-state index in [-0.39, 0.29) is 0 Å². The Morgan fingerprint density at radius 2 is 1.81 bits per heavy atom. The number of pyridine rings is 1. The summed E-state index contributed by atoms with van der Waals surface area (Å²) in [5, 5.41) is 9.70. The first-order valence-corrected chi connectivity index (χ1v) is 10.8. The summed E-state index contributed by atoms with van der Waals surface area (Å²) in [7, 11) is 0. The molecular weight excluding hydrogens is 402 g/mol. The van der Waals surface area contributed by atoms with E-state index in [0.29, 0.717) is 17.9 Å². The van der Waals surface area contributed by atoms with Crippen molar-refractivity contribution >= 4 is 17.1 Å². The normalized spacial score (nSPS) is 12.1. The maximum Gasteiger partial charge on any atom is 0.349 e. The van der Waals surface area contributed by atoms with Gasteiger partial charge in [0, 0.05) is 18.2 Å². The molecule has 164 valence electrons. The fourth-order valence-electron chi connectivity index (χ4n) is 3.88. The van der Waals surface area contributed by atoms with Crippen LogP contribution in [0.1, 0.15) is 47.5 Å². The maximum absolute atomic E-state index is 11.8. The highest BCUT2D eigenvalue weighted by Crippen LogP contribution is 2.26. The zero-order valence-electron chi connectivity index (χ0n) is 18.6. The minimum atomic E-state index is -1.05. The third-order valence-electron chi connectivity index (χ3n) is 5.60. The number of rotatable bonds is 8. The Bertz CT molecular complexity index is 1250. The van der Waals surface area contributed by atoms with Gasteiger partial charge in [-0.05, 0) is 55.2 Å². The number of hydrogen-bond donors (Lipinski definition) is 1. The average molecular weight is 430 g/mol. The fraction of sp³-hybridized carbons (Fsp3) is 0.269. The Balaban J connectivity index is 1.58. The molecule has 2 heterocycles. The summed E-state index contributed by atoms with van der Waals surface area (Å²) in [4.78, 5) is 21.2. The fourth-order valence-corrected chi connectivity index (χ4v) is 3.88. The van der Waals surface area contributed by atoms with Gasteiger partial charge >= 0.3 is 5.97 Å². The molecule has 2 aromatic heterocycles. The third kappa shape index (κ3) is 4.35. The first-order valence-electron chi connectivity index (χ1n) is 10.8. The molecule has 0 spiro atoms. The van der Waals surface area contributed by atoms with Crippen molar-refractivity contribution in [2.45, 2.75) is 46.3 Å². The smallest absolute Gasteiger partial charge is 0.349 e. The zero-order chi connectivity index (χ0) is 22.7. The Kier molecular flexibility index (Phi) is 6.21. The number of carboxylic acid groups (broad SMARTS) is 1. The second-order valence-electron chi connectivity index (χ2n) is 8.00. The van der Waals surface area contributed by atoms with Crippen LogP contribution in [0.5, 0.6) is 5.75 Å². The van der Waals surface area contributed by atoms with Crippen molar-refractivity contribution in [1.29, 1.82) is 0 Å². The molecule has 1 N–H and O–H groups in total. The molecule has 6 nitrogen and oxygen atoms in total. The van der Waals surface area contributed by atoms with Gasteiger partial charge in [-0.2, -0.15) is 0 Å². The molecule has 6 heteroatoms. The first kappa shape index (κ1) is 21.6. The molecule has 1 atom stereocenters. The molecule has 4 rings (SSSR count). The van der Waals surface area contributed by atoms with Crippen molar-refractivity contribution in [3.63, 3.8) is 0 Å². The monoisotopic (exact) mass is 429 g/mol.